The lowest BCUT2D eigenvalue weighted by molar-refractivity contribution is -0.145. The number of benzene rings is 2. The van der Waals surface area contributed by atoms with Gasteiger partial charge in [0.15, 0.2) is 11.7 Å². The Kier molecular flexibility index (Phi) is 6.12. The molecule has 31 heavy (non-hydrogen) atoms. The van der Waals surface area contributed by atoms with E-state index in [-0.39, 0.29) is 25.4 Å². The fourth-order valence-electron chi connectivity index (χ4n) is 3.20. The van der Waals surface area contributed by atoms with Crippen molar-refractivity contribution in [1.82, 2.24) is 4.98 Å². The summed E-state index contributed by atoms with van der Waals surface area (Å²) in [7, 11) is 0. The largest absolute Gasteiger partial charge is 0.461 e. The van der Waals surface area contributed by atoms with E-state index in [1.807, 2.05) is 42.5 Å². The highest BCUT2D eigenvalue weighted by Crippen LogP contribution is 2.27. The number of para-hydroxylation sites is 1. The van der Waals surface area contributed by atoms with Crippen molar-refractivity contribution in [3.63, 3.8) is 0 Å². The highest BCUT2D eigenvalue weighted by molar-refractivity contribution is 5.96. The predicted molar refractivity (Wildman–Crippen MR) is 112 cm³/mol. The molecule has 0 unspecified atom stereocenters. The lowest BCUT2D eigenvalue weighted by Crippen LogP contribution is -2.10. The van der Waals surface area contributed by atoms with Crippen LogP contribution in [0.5, 0.6) is 0 Å². The van der Waals surface area contributed by atoms with Crippen LogP contribution >= 0.6 is 0 Å². The standard InChI is InChI=1S/C24H21NO6/c1-2-28-24(27)23-18(17-10-6-7-11-19(17)31-23)15-29-22(26)13-12-21-25-14-20(30-21)16-8-4-3-5-9-16/h3-11,14H,2,12-13,15H2,1H3. The van der Waals surface area contributed by atoms with Crippen molar-refractivity contribution >= 4 is 22.9 Å². The van der Waals surface area contributed by atoms with E-state index in [2.05, 4.69) is 4.98 Å². The van der Waals surface area contributed by atoms with Gasteiger partial charge < -0.3 is 18.3 Å². The number of furan rings is 1. The van der Waals surface area contributed by atoms with Gasteiger partial charge in [0.2, 0.25) is 5.76 Å². The first kappa shape index (κ1) is 20.4. The lowest BCUT2D eigenvalue weighted by atomic mass is 10.1. The van der Waals surface area contributed by atoms with Crippen LogP contribution in [0.4, 0.5) is 0 Å². The summed E-state index contributed by atoms with van der Waals surface area (Å²) in [6, 6.07) is 16.8. The molecule has 0 aliphatic heterocycles. The molecule has 0 N–H and O–H groups in total. The van der Waals surface area contributed by atoms with Gasteiger partial charge in [-0.1, -0.05) is 48.5 Å². The van der Waals surface area contributed by atoms with Gasteiger partial charge in [-0.05, 0) is 13.0 Å². The van der Waals surface area contributed by atoms with Crippen LogP contribution in [-0.2, 0) is 27.3 Å². The van der Waals surface area contributed by atoms with Crippen LogP contribution in [0.1, 0.15) is 35.4 Å². The van der Waals surface area contributed by atoms with Crippen molar-refractivity contribution in [1.29, 1.82) is 0 Å². The van der Waals surface area contributed by atoms with Gasteiger partial charge in [-0.2, -0.15) is 0 Å². The minimum Gasteiger partial charge on any atom is -0.461 e. The number of oxazole rings is 1. The first-order valence-corrected chi connectivity index (χ1v) is 9.99. The van der Waals surface area contributed by atoms with Crippen molar-refractivity contribution in [2.24, 2.45) is 0 Å². The Bertz CT molecular complexity index is 1190. The van der Waals surface area contributed by atoms with E-state index in [9.17, 15) is 9.59 Å². The number of carbonyl (C=O) groups is 2. The van der Waals surface area contributed by atoms with Crippen molar-refractivity contribution in [3.05, 3.63) is 78.0 Å². The third-order valence-corrected chi connectivity index (χ3v) is 4.69. The lowest BCUT2D eigenvalue weighted by Gasteiger charge is -2.05. The van der Waals surface area contributed by atoms with Crippen LogP contribution in [0, 0.1) is 0 Å². The molecule has 0 radical (unpaired) electrons. The number of hydrogen-bond acceptors (Lipinski definition) is 7. The minimum absolute atomic E-state index is 0.0519. The number of rotatable bonds is 8. The van der Waals surface area contributed by atoms with Crippen molar-refractivity contribution in [2.75, 3.05) is 6.61 Å². The molecule has 0 bridgehead atoms. The minimum atomic E-state index is -0.585. The second kappa shape index (κ2) is 9.30. The SMILES string of the molecule is CCOC(=O)c1oc2ccccc2c1COC(=O)CCc1ncc(-c2ccccc2)o1. The topological polar surface area (TPSA) is 91.8 Å². The second-order valence-corrected chi connectivity index (χ2v) is 6.77. The summed E-state index contributed by atoms with van der Waals surface area (Å²) in [4.78, 5) is 28.7. The summed E-state index contributed by atoms with van der Waals surface area (Å²) >= 11 is 0. The van der Waals surface area contributed by atoms with Gasteiger partial charge in [-0.25, -0.2) is 9.78 Å². The van der Waals surface area contributed by atoms with Gasteiger partial charge >= 0.3 is 11.9 Å². The molecule has 0 spiro atoms. The summed E-state index contributed by atoms with van der Waals surface area (Å²) in [6.07, 6.45) is 2.04. The first-order valence-electron chi connectivity index (χ1n) is 9.99. The van der Waals surface area contributed by atoms with Crippen molar-refractivity contribution in [2.45, 2.75) is 26.4 Å². The van der Waals surface area contributed by atoms with Crippen molar-refractivity contribution < 1.29 is 27.9 Å². The molecule has 0 saturated heterocycles. The van der Waals surface area contributed by atoms with Crippen LogP contribution in [-0.4, -0.2) is 23.5 Å². The van der Waals surface area contributed by atoms with Gasteiger partial charge in [-0.3, -0.25) is 4.79 Å². The molecule has 7 heteroatoms. The van der Waals surface area contributed by atoms with Gasteiger partial charge in [0, 0.05) is 17.4 Å². The maximum Gasteiger partial charge on any atom is 0.374 e. The summed E-state index contributed by atoms with van der Waals surface area (Å²) < 4.78 is 21.8. The number of aromatic nitrogens is 1. The number of aryl methyl sites for hydroxylation is 1. The summed E-state index contributed by atoms with van der Waals surface area (Å²) in [5.74, 6) is 0.137. The maximum atomic E-state index is 12.3. The molecule has 2 aromatic carbocycles. The van der Waals surface area contributed by atoms with Gasteiger partial charge in [0.05, 0.1) is 24.8 Å². The van der Waals surface area contributed by atoms with E-state index in [0.29, 0.717) is 34.6 Å². The normalized spacial score (nSPS) is 10.9. The summed E-state index contributed by atoms with van der Waals surface area (Å²) in [6.45, 7) is 1.84. The summed E-state index contributed by atoms with van der Waals surface area (Å²) in [5.41, 5.74) is 1.94. The third-order valence-electron chi connectivity index (χ3n) is 4.69. The number of ether oxygens (including phenoxy) is 2. The highest BCUT2D eigenvalue weighted by Gasteiger charge is 2.22. The number of carbonyl (C=O) groups excluding carboxylic acids is 2. The molecular formula is C24H21NO6. The molecule has 0 amide bonds. The summed E-state index contributed by atoms with van der Waals surface area (Å²) in [5, 5.41) is 0.707. The molecule has 2 aromatic heterocycles. The average Bonchev–Trinajstić information content (AvgIpc) is 3.42. The zero-order valence-corrected chi connectivity index (χ0v) is 17.0. The molecule has 0 aliphatic carbocycles. The Hall–Kier alpha value is -3.87. The van der Waals surface area contributed by atoms with E-state index in [0.717, 1.165) is 5.56 Å². The predicted octanol–water partition coefficient (Wildman–Crippen LogP) is 4.94. The maximum absolute atomic E-state index is 12.3. The second-order valence-electron chi connectivity index (χ2n) is 6.77. The van der Waals surface area contributed by atoms with E-state index in [1.165, 1.54) is 0 Å². The van der Waals surface area contributed by atoms with E-state index < -0.39 is 11.9 Å². The molecular weight excluding hydrogens is 398 g/mol. The van der Waals surface area contributed by atoms with Gasteiger partial charge in [0.1, 0.15) is 12.2 Å². The van der Waals surface area contributed by atoms with Crippen LogP contribution in [0.2, 0.25) is 0 Å². The fraction of sp³-hybridized carbons (Fsp3) is 0.208. The number of nitrogens with zero attached hydrogens (tertiary/aromatic N) is 1. The van der Waals surface area contributed by atoms with Crippen LogP contribution in [0.3, 0.4) is 0 Å². The van der Waals surface area contributed by atoms with Crippen LogP contribution in [0.15, 0.2) is 69.6 Å². The first-order chi connectivity index (χ1) is 15.2. The fourth-order valence-corrected chi connectivity index (χ4v) is 3.20. The smallest absolute Gasteiger partial charge is 0.374 e. The Morgan fingerprint density at radius 1 is 0.968 bits per heavy atom. The molecule has 0 saturated carbocycles. The number of esters is 2. The van der Waals surface area contributed by atoms with Gasteiger partial charge in [-0.15, -0.1) is 0 Å². The Morgan fingerprint density at radius 3 is 2.55 bits per heavy atom. The highest BCUT2D eigenvalue weighted by atomic mass is 16.5. The number of fused-ring (bicyclic) bond motifs is 1. The number of hydrogen-bond donors (Lipinski definition) is 0. The molecule has 0 fully saturated rings. The van der Waals surface area contributed by atoms with E-state index >= 15 is 0 Å². The van der Waals surface area contributed by atoms with Crippen LogP contribution < -0.4 is 0 Å². The molecule has 2 heterocycles. The van der Waals surface area contributed by atoms with Crippen LogP contribution in [0.25, 0.3) is 22.3 Å². The Labute approximate surface area is 178 Å². The van der Waals surface area contributed by atoms with Gasteiger partial charge in [0.25, 0.3) is 0 Å². The average molecular weight is 419 g/mol. The molecule has 0 atom stereocenters. The third kappa shape index (κ3) is 4.66. The zero-order valence-electron chi connectivity index (χ0n) is 17.0. The van der Waals surface area contributed by atoms with Crippen molar-refractivity contribution in [3.8, 4) is 11.3 Å². The molecule has 0 aliphatic rings. The quantitative estimate of drug-likeness (QED) is 0.374. The Morgan fingerprint density at radius 2 is 1.74 bits per heavy atom. The molecule has 158 valence electrons. The molecule has 4 aromatic rings. The zero-order chi connectivity index (χ0) is 21.6. The molecule has 7 nitrogen and oxygen atoms in total. The van der Waals surface area contributed by atoms with E-state index in [4.69, 9.17) is 18.3 Å². The monoisotopic (exact) mass is 419 g/mol. The molecule has 4 rings (SSSR count). The van der Waals surface area contributed by atoms with E-state index in [1.54, 1.807) is 25.3 Å². The Balaban J connectivity index is 1.39.